The molecule has 1 aromatic carbocycles. The largest absolute Gasteiger partial charge is 0.461 e. The lowest BCUT2D eigenvalue weighted by Gasteiger charge is -2.10. The summed E-state index contributed by atoms with van der Waals surface area (Å²) >= 11 is 0. The van der Waals surface area contributed by atoms with Gasteiger partial charge in [-0.2, -0.15) is 0 Å². The van der Waals surface area contributed by atoms with Crippen LogP contribution in [0.25, 0.3) is 6.08 Å². The van der Waals surface area contributed by atoms with Crippen molar-refractivity contribution in [3.05, 3.63) is 83.8 Å². The molecule has 138 valence electrons. The average molecular weight is 361 g/mol. The number of nitrogens with zero attached hydrogens (tertiary/aromatic N) is 2. The Hall–Kier alpha value is -3.08. The third kappa shape index (κ3) is 4.37. The van der Waals surface area contributed by atoms with Gasteiger partial charge in [0.15, 0.2) is 0 Å². The molecule has 1 N–H and O–H groups in total. The van der Waals surface area contributed by atoms with Gasteiger partial charge in [-0.05, 0) is 41.7 Å². The summed E-state index contributed by atoms with van der Waals surface area (Å²) in [5.74, 6) is 2.87. The van der Waals surface area contributed by atoms with Gasteiger partial charge in [-0.1, -0.05) is 31.2 Å². The Morgan fingerprint density at radius 2 is 2.11 bits per heavy atom. The van der Waals surface area contributed by atoms with Gasteiger partial charge in [0.05, 0.1) is 6.33 Å². The second-order valence-electron chi connectivity index (χ2n) is 7.11. The van der Waals surface area contributed by atoms with Crippen LogP contribution in [0.3, 0.4) is 0 Å². The van der Waals surface area contributed by atoms with Crippen LogP contribution in [0, 0.1) is 5.92 Å². The highest BCUT2D eigenvalue weighted by molar-refractivity contribution is 5.91. The Kier molecular flexibility index (Phi) is 4.92. The Bertz CT molecular complexity index is 940. The van der Waals surface area contributed by atoms with Crippen molar-refractivity contribution in [3.63, 3.8) is 0 Å². The van der Waals surface area contributed by atoms with Gasteiger partial charge < -0.3 is 14.3 Å². The number of hydrogen-bond acceptors (Lipinski definition) is 3. The van der Waals surface area contributed by atoms with Gasteiger partial charge in [-0.25, -0.2) is 4.98 Å². The van der Waals surface area contributed by atoms with Gasteiger partial charge in [0.25, 0.3) is 0 Å². The zero-order chi connectivity index (χ0) is 18.6. The van der Waals surface area contributed by atoms with E-state index < -0.39 is 0 Å². The van der Waals surface area contributed by atoms with E-state index >= 15 is 0 Å². The Morgan fingerprint density at radius 1 is 1.30 bits per heavy atom. The third-order valence-corrected chi connectivity index (χ3v) is 5.01. The summed E-state index contributed by atoms with van der Waals surface area (Å²) in [5, 5.41) is 2.95. The fraction of sp³-hybridized carbons (Fsp3) is 0.273. The number of hydrogen-bond donors (Lipinski definition) is 1. The van der Waals surface area contributed by atoms with Crippen LogP contribution in [0.5, 0.6) is 0 Å². The zero-order valence-corrected chi connectivity index (χ0v) is 15.3. The normalized spacial score (nSPS) is 18.7. The van der Waals surface area contributed by atoms with Crippen molar-refractivity contribution >= 4 is 12.0 Å². The first kappa shape index (κ1) is 17.3. The minimum absolute atomic E-state index is 0.134. The molecule has 1 amide bonds. The van der Waals surface area contributed by atoms with Gasteiger partial charge in [-0.15, -0.1) is 0 Å². The number of amides is 1. The molecule has 4 rings (SSSR count). The van der Waals surface area contributed by atoms with Gasteiger partial charge >= 0.3 is 0 Å². The Balaban J connectivity index is 1.33. The smallest absolute Gasteiger partial charge is 0.244 e. The van der Waals surface area contributed by atoms with Crippen LogP contribution in [-0.4, -0.2) is 15.5 Å². The summed E-state index contributed by atoms with van der Waals surface area (Å²) in [4.78, 5) is 16.2. The standard InChI is InChI=1S/C22H23N3O2/c1-16-12-20(16)21-8-6-19(27-21)7-9-22(26)24-13-17-4-2-3-5-18(17)14-25-11-10-23-15-25/h2-11,15-16,20H,12-14H2,1H3,(H,24,26)/b9-7+. The number of furan rings is 1. The molecule has 0 aliphatic heterocycles. The van der Waals surface area contributed by atoms with Crippen molar-refractivity contribution in [1.29, 1.82) is 0 Å². The molecular formula is C22H23N3O2. The minimum Gasteiger partial charge on any atom is -0.461 e. The molecule has 3 aromatic rings. The summed E-state index contributed by atoms with van der Waals surface area (Å²) in [6.07, 6.45) is 9.92. The van der Waals surface area contributed by atoms with Crippen LogP contribution in [0.4, 0.5) is 0 Å². The fourth-order valence-electron chi connectivity index (χ4n) is 3.24. The summed E-state index contributed by atoms with van der Waals surface area (Å²) in [6.45, 7) is 3.44. The molecule has 2 atom stereocenters. The molecule has 0 spiro atoms. The number of rotatable bonds is 7. The first-order valence-electron chi connectivity index (χ1n) is 9.27. The van der Waals surface area contributed by atoms with E-state index in [4.69, 9.17) is 4.42 Å². The molecule has 1 saturated carbocycles. The molecule has 5 heteroatoms. The van der Waals surface area contributed by atoms with Gasteiger partial charge in [0.2, 0.25) is 5.91 Å². The summed E-state index contributed by atoms with van der Waals surface area (Å²) in [6, 6.07) is 12.0. The molecule has 2 aromatic heterocycles. The topological polar surface area (TPSA) is 60.1 Å². The van der Waals surface area contributed by atoms with Crippen molar-refractivity contribution in [3.8, 4) is 0 Å². The van der Waals surface area contributed by atoms with Crippen molar-refractivity contribution in [2.45, 2.75) is 32.4 Å². The summed E-state index contributed by atoms with van der Waals surface area (Å²) in [7, 11) is 0. The number of imidazole rings is 1. The molecule has 1 aliphatic rings. The maximum absolute atomic E-state index is 12.2. The molecular weight excluding hydrogens is 338 g/mol. The fourth-order valence-corrected chi connectivity index (χ4v) is 3.24. The van der Waals surface area contributed by atoms with E-state index in [1.165, 1.54) is 12.5 Å². The van der Waals surface area contributed by atoms with E-state index in [0.29, 0.717) is 18.4 Å². The molecule has 27 heavy (non-hydrogen) atoms. The summed E-state index contributed by atoms with van der Waals surface area (Å²) in [5.41, 5.74) is 2.25. The predicted octanol–water partition coefficient (Wildman–Crippen LogP) is 3.98. The third-order valence-electron chi connectivity index (χ3n) is 5.01. The highest BCUT2D eigenvalue weighted by Gasteiger charge is 2.36. The highest BCUT2D eigenvalue weighted by Crippen LogP contribution is 2.47. The molecule has 0 saturated heterocycles. The lowest BCUT2D eigenvalue weighted by Crippen LogP contribution is -2.21. The van der Waals surface area contributed by atoms with E-state index in [9.17, 15) is 4.79 Å². The van der Waals surface area contributed by atoms with Crippen LogP contribution < -0.4 is 5.32 Å². The van der Waals surface area contributed by atoms with E-state index in [1.54, 1.807) is 18.6 Å². The van der Waals surface area contributed by atoms with Gasteiger partial charge in [0, 0.05) is 37.5 Å². The molecule has 0 bridgehead atoms. The second kappa shape index (κ2) is 7.66. The first-order valence-corrected chi connectivity index (χ1v) is 9.27. The van der Waals surface area contributed by atoms with E-state index in [1.807, 2.05) is 41.1 Å². The first-order chi connectivity index (χ1) is 13.2. The Labute approximate surface area is 158 Å². The number of carbonyl (C=O) groups excluding carboxylic acids is 1. The lowest BCUT2D eigenvalue weighted by atomic mass is 10.1. The average Bonchev–Trinajstić information content (AvgIpc) is 3.07. The molecule has 1 aliphatic carbocycles. The highest BCUT2D eigenvalue weighted by atomic mass is 16.3. The van der Waals surface area contributed by atoms with E-state index in [-0.39, 0.29) is 5.91 Å². The van der Waals surface area contributed by atoms with E-state index in [2.05, 4.69) is 23.3 Å². The second-order valence-corrected chi connectivity index (χ2v) is 7.11. The van der Waals surface area contributed by atoms with Crippen LogP contribution in [-0.2, 0) is 17.9 Å². The quantitative estimate of drug-likeness (QED) is 0.648. The monoisotopic (exact) mass is 361 g/mol. The van der Waals surface area contributed by atoms with E-state index in [0.717, 1.165) is 29.2 Å². The summed E-state index contributed by atoms with van der Waals surface area (Å²) < 4.78 is 7.80. The van der Waals surface area contributed by atoms with Gasteiger partial charge in [0.1, 0.15) is 11.5 Å². The Morgan fingerprint density at radius 3 is 2.85 bits per heavy atom. The molecule has 1 fully saturated rings. The molecule has 0 radical (unpaired) electrons. The molecule has 2 heterocycles. The zero-order valence-electron chi connectivity index (χ0n) is 15.3. The number of nitrogens with one attached hydrogen (secondary N) is 1. The van der Waals surface area contributed by atoms with Gasteiger partial charge in [-0.3, -0.25) is 4.79 Å². The maximum atomic E-state index is 12.2. The van der Waals surface area contributed by atoms with Crippen LogP contribution in [0.1, 0.15) is 41.9 Å². The predicted molar refractivity (Wildman–Crippen MR) is 104 cm³/mol. The molecule has 5 nitrogen and oxygen atoms in total. The number of aromatic nitrogens is 2. The minimum atomic E-state index is -0.134. The van der Waals surface area contributed by atoms with Crippen molar-refractivity contribution < 1.29 is 9.21 Å². The van der Waals surface area contributed by atoms with Crippen molar-refractivity contribution in [2.24, 2.45) is 5.92 Å². The van der Waals surface area contributed by atoms with Crippen LogP contribution in [0.15, 0.2) is 65.6 Å². The van der Waals surface area contributed by atoms with Crippen molar-refractivity contribution in [1.82, 2.24) is 14.9 Å². The molecule has 2 unspecified atom stereocenters. The lowest BCUT2D eigenvalue weighted by molar-refractivity contribution is -0.116. The van der Waals surface area contributed by atoms with Crippen molar-refractivity contribution in [2.75, 3.05) is 0 Å². The number of carbonyl (C=O) groups is 1. The SMILES string of the molecule is CC1CC1c1ccc(/C=C/C(=O)NCc2ccccc2Cn2ccnc2)o1. The maximum Gasteiger partial charge on any atom is 0.244 e. The number of benzene rings is 1. The van der Waals surface area contributed by atoms with Crippen LogP contribution in [0.2, 0.25) is 0 Å². The van der Waals surface area contributed by atoms with Crippen LogP contribution >= 0.6 is 0 Å².